The Balaban J connectivity index is 1.71. The summed E-state index contributed by atoms with van der Waals surface area (Å²) in [5, 5.41) is 18.8. The minimum absolute atomic E-state index is 0.0730. The average Bonchev–Trinajstić information content (AvgIpc) is 2.97. The lowest BCUT2D eigenvalue weighted by Crippen LogP contribution is -2.28. The molecule has 1 aromatic heterocycles. The van der Waals surface area contributed by atoms with Crippen LogP contribution in [-0.4, -0.2) is 37.0 Å². The molecule has 0 amide bonds. The van der Waals surface area contributed by atoms with E-state index in [4.69, 9.17) is 11.6 Å². The van der Waals surface area contributed by atoms with Gasteiger partial charge < -0.3 is 9.67 Å². The van der Waals surface area contributed by atoms with Crippen molar-refractivity contribution in [2.75, 3.05) is 12.4 Å². The minimum Gasteiger partial charge on any atom is -0.395 e. The van der Waals surface area contributed by atoms with Gasteiger partial charge in [-0.15, -0.1) is 10.2 Å². The topological polar surface area (TPSA) is 50.9 Å². The standard InChI is InChI=1S/C20H18ClF2N3OS/c1-20(11-27)10-18-24-25-19(26(18)6-7-28-20)14-4-2-12(8-15(14)21)13-3-5-16(22)17(23)9-13/h2-5,8-9,27H,6-7,10-11H2,1H3. The van der Waals surface area contributed by atoms with Gasteiger partial charge in [-0.25, -0.2) is 8.78 Å². The summed E-state index contributed by atoms with van der Waals surface area (Å²) in [5.41, 5.74) is 1.96. The smallest absolute Gasteiger partial charge is 0.165 e. The third kappa shape index (κ3) is 3.54. The molecule has 4 rings (SSSR count). The quantitative estimate of drug-likeness (QED) is 0.672. The van der Waals surface area contributed by atoms with Crippen LogP contribution >= 0.6 is 23.4 Å². The average molecular weight is 422 g/mol. The molecule has 0 saturated heterocycles. The molecule has 3 aromatic rings. The van der Waals surface area contributed by atoms with Gasteiger partial charge in [0.2, 0.25) is 0 Å². The van der Waals surface area contributed by atoms with Crippen LogP contribution in [0.4, 0.5) is 8.78 Å². The van der Waals surface area contributed by atoms with E-state index in [-0.39, 0.29) is 11.4 Å². The first kappa shape index (κ1) is 19.4. The second kappa shape index (κ2) is 7.46. The maximum atomic E-state index is 13.5. The van der Waals surface area contributed by atoms with E-state index in [1.165, 1.54) is 6.07 Å². The van der Waals surface area contributed by atoms with Crippen LogP contribution in [0.1, 0.15) is 12.7 Å². The van der Waals surface area contributed by atoms with Gasteiger partial charge in [0.15, 0.2) is 17.5 Å². The summed E-state index contributed by atoms with van der Waals surface area (Å²) in [4.78, 5) is 0. The summed E-state index contributed by atoms with van der Waals surface area (Å²) in [6.45, 7) is 2.81. The van der Waals surface area contributed by atoms with Crippen LogP contribution in [0.5, 0.6) is 0 Å². The van der Waals surface area contributed by atoms with Gasteiger partial charge in [0, 0.05) is 29.0 Å². The first-order valence-electron chi connectivity index (χ1n) is 8.82. The van der Waals surface area contributed by atoms with Crippen molar-refractivity contribution in [1.82, 2.24) is 14.8 Å². The van der Waals surface area contributed by atoms with E-state index in [9.17, 15) is 13.9 Å². The van der Waals surface area contributed by atoms with Crippen molar-refractivity contribution >= 4 is 23.4 Å². The highest BCUT2D eigenvalue weighted by Gasteiger charge is 2.31. The van der Waals surface area contributed by atoms with Crippen LogP contribution in [0.15, 0.2) is 36.4 Å². The van der Waals surface area contributed by atoms with Crippen molar-refractivity contribution in [3.63, 3.8) is 0 Å². The predicted molar refractivity (Wildman–Crippen MR) is 107 cm³/mol. The van der Waals surface area contributed by atoms with Crippen molar-refractivity contribution in [3.05, 3.63) is 58.9 Å². The van der Waals surface area contributed by atoms with Crippen molar-refractivity contribution in [2.45, 2.75) is 24.6 Å². The van der Waals surface area contributed by atoms with Gasteiger partial charge in [-0.05, 0) is 42.3 Å². The Labute approximate surface area is 170 Å². The summed E-state index contributed by atoms with van der Waals surface area (Å²) in [6.07, 6.45) is 0.617. The first-order valence-corrected chi connectivity index (χ1v) is 10.2. The van der Waals surface area contributed by atoms with Gasteiger partial charge in [0.25, 0.3) is 0 Å². The summed E-state index contributed by atoms with van der Waals surface area (Å²) in [6, 6.07) is 9.10. The number of aliphatic hydroxyl groups is 1. The zero-order valence-corrected chi connectivity index (χ0v) is 16.7. The van der Waals surface area contributed by atoms with Crippen LogP contribution in [0, 0.1) is 11.6 Å². The van der Waals surface area contributed by atoms with E-state index in [1.54, 1.807) is 23.9 Å². The largest absolute Gasteiger partial charge is 0.395 e. The van der Waals surface area contributed by atoms with Gasteiger partial charge >= 0.3 is 0 Å². The third-order valence-corrected chi connectivity index (χ3v) is 6.59. The van der Waals surface area contributed by atoms with E-state index in [2.05, 4.69) is 10.2 Å². The zero-order chi connectivity index (χ0) is 19.9. The lowest BCUT2D eigenvalue weighted by Gasteiger charge is -2.23. The number of thioether (sulfide) groups is 1. The van der Waals surface area contributed by atoms with Crippen molar-refractivity contribution in [1.29, 1.82) is 0 Å². The lowest BCUT2D eigenvalue weighted by molar-refractivity contribution is 0.254. The minimum atomic E-state index is -0.898. The molecule has 1 aliphatic rings. The van der Waals surface area contributed by atoms with E-state index < -0.39 is 11.6 Å². The molecule has 1 unspecified atom stereocenters. The molecule has 0 saturated carbocycles. The van der Waals surface area contributed by atoms with E-state index in [0.29, 0.717) is 28.4 Å². The fourth-order valence-electron chi connectivity index (χ4n) is 3.32. The molecule has 4 nitrogen and oxygen atoms in total. The maximum absolute atomic E-state index is 13.5. The van der Waals surface area contributed by atoms with Crippen molar-refractivity contribution in [2.24, 2.45) is 0 Å². The fraction of sp³-hybridized carbons (Fsp3) is 0.300. The number of fused-ring (bicyclic) bond motifs is 1. The highest BCUT2D eigenvalue weighted by atomic mass is 35.5. The summed E-state index contributed by atoms with van der Waals surface area (Å²) in [7, 11) is 0. The lowest BCUT2D eigenvalue weighted by atomic mass is 10.0. The molecule has 0 aliphatic carbocycles. The number of hydrogen-bond donors (Lipinski definition) is 1. The molecule has 2 aromatic carbocycles. The molecule has 2 heterocycles. The van der Waals surface area contributed by atoms with E-state index >= 15 is 0 Å². The molecular weight excluding hydrogens is 404 g/mol. The first-order chi connectivity index (χ1) is 13.4. The van der Waals surface area contributed by atoms with Crippen LogP contribution in [0.3, 0.4) is 0 Å². The SMILES string of the molecule is CC1(CO)Cc2nnc(-c3ccc(-c4ccc(F)c(F)c4)cc3Cl)n2CCS1. The second-order valence-electron chi connectivity index (χ2n) is 7.05. The molecule has 146 valence electrons. The van der Waals surface area contributed by atoms with Gasteiger partial charge in [0.1, 0.15) is 5.82 Å². The Kier molecular flexibility index (Phi) is 5.16. The zero-order valence-electron chi connectivity index (χ0n) is 15.1. The third-order valence-electron chi connectivity index (χ3n) is 4.92. The van der Waals surface area contributed by atoms with E-state index in [0.717, 1.165) is 35.8 Å². The van der Waals surface area contributed by atoms with Gasteiger partial charge in [0.05, 0.1) is 11.6 Å². The molecule has 1 aliphatic heterocycles. The Morgan fingerprint density at radius 1 is 1.14 bits per heavy atom. The molecule has 1 N–H and O–H groups in total. The molecule has 0 bridgehead atoms. The Morgan fingerprint density at radius 2 is 1.89 bits per heavy atom. The van der Waals surface area contributed by atoms with Crippen LogP contribution < -0.4 is 0 Å². The normalized spacial score (nSPS) is 19.3. The monoisotopic (exact) mass is 421 g/mol. The number of rotatable bonds is 3. The molecule has 1 atom stereocenters. The Bertz CT molecular complexity index is 1040. The summed E-state index contributed by atoms with van der Waals surface area (Å²) >= 11 is 8.23. The molecule has 0 spiro atoms. The Hall–Kier alpha value is -1.96. The van der Waals surface area contributed by atoms with Crippen LogP contribution in [0.25, 0.3) is 22.5 Å². The van der Waals surface area contributed by atoms with Crippen LogP contribution in [0.2, 0.25) is 5.02 Å². The van der Waals surface area contributed by atoms with Gasteiger partial charge in [-0.3, -0.25) is 0 Å². The fourth-order valence-corrected chi connectivity index (χ4v) is 4.68. The highest BCUT2D eigenvalue weighted by molar-refractivity contribution is 8.00. The maximum Gasteiger partial charge on any atom is 0.165 e. The number of halogens is 3. The molecule has 28 heavy (non-hydrogen) atoms. The number of aromatic nitrogens is 3. The molecular formula is C20H18ClF2N3OS. The van der Waals surface area contributed by atoms with Crippen LogP contribution in [-0.2, 0) is 13.0 Å². The van der Waals surface area contributed by atoms with Gasteiger partial charge in [-0.2, -0.15) is 11.8 Å². The number of benzene rings is 2. The Morgan fingerprint density at radius 3 is 2.61 bits per heavy atom. The summed E-state index contributed by atoms with van der Waals surface area (Å²) in [5.74, 6) is 0.534. The van der Waals surface area contributed by atoms with Crippen molar-refractivity contribution in [3.8, 4) is 22.5 Å². The van der Waals surface area contributed by atoms with E-state index in [1.807, 2.05) is 17.6 Å². The number of aliphatic hydroxyl groups excluding tert-OH is 1. The molecule has 0 radical (unpaired) electrons. The number of nitrogens with zero attached hydrogens (tertiary/aromatic N) is 3. The highest BCUT2D eigenvalue weighted by Crippen LogP contribution is 2.36. The summed E-state index contributed by atoms with van der Waals surface area (Å²) < 4.78 is 28.5. The van der Waals surface area contributed by atoms with Crippen molar-refractivity contribution < 1.29 is 13.9 Å². The molecule has 0 fully saturated rings. The van der Waals surface area contributed by atoms with Gasteiger partial charge in [-0.1, -0.05) is 23.7 Å². The number of hydrogen-bond acceptors (Lipinski definition) is 4. The predicted octanol–water partition coefficient (Wildman–Crippen LogP) is 4.58. The molecule has 8 heteroatoms. The second-order valence-corrected chi connectivity index (χ2v) is 9.14.